The summed E-state index contributed by atoms with van der Waals surface area (Å²) in [6, 6.07) is 7.64. The second-order valence-corrected chi connectivity index (χ2v) is 7.97. The van der Waals surface area contributed by atoms with Crippen LogP contribution in [0.4, 0.5) is 0 Å². The van der Waals surface area contributed by atoms with Gasteiger partial charge in [0.1, 0.15) is 5.15 Å². The Morgan fingerprint density at radius 3 is 2.53 bits per heavy atom. The Labute approximate surface area is 182 Å². The molecule has 0 bridgehead atoms. The van der Waals surface area contributed by atoms with E-state index in [0.717, 1.165) is 28.9 Å². The lowest BCUT2D eigenvalue weighted by atomic mass is 10.2. The molecule has 0 aliphatic heterocycles. The number of aryl methyl sites for hydroxylation is 1. The lowest BCUT2D eigenvalue weighted by molar-refractivity contribution is -0.127. The number of hydrogen-bond donors (Lipinski definition) is 0. The van der Waals surface area contributed by atoms with E-state index in [1.807, 2.05) is 31.2 Å². The Kier molecular flexibility index (Phi) is 7.36. The summed E-state index contributed by atoms with van der Waals surface area (Å²) in [6.07, 6.45) is 10.3. The van der Waals surface area contributed by atoms with Gasteiger partial charge >= 0.3 is 0 Å². The molecule has 0 aliphatic rings. The largest absolute Gasteiger partial charge is 0.330 e. The van der Waals surface area contributed by atoms with Gasteiger partial charge in [-0.3, -0.25) is 19.4 Å². The van der Waals surface area contributed by atoms with Crippen LogP contribution in [-0.2, 0) is 24.4 Å². The summed E-state index contributed by atoms with van der Waals surface area (Å²) in [5.74, 6) is 0.318. The molecule has 0 saturated heterocycles. The number of carbonyl (C=O) groups excluding carboxylic acids is 1. The van der Waals surface area contributed by atoms with Crippen LogP contribution < -0.4 is 0 Å². The number of nitrogens with zero attached hydrogens (tertiary/aromatic N) is 5. The third-order valence-electron chi connectivity index (χ3n) is 4.57. The van der Waals surface area contributed by atoms with E-state index in [9.17, 15) is 4.79 Å². The van der Waals surface area contributed by atoms with Gasteiger partial charge in [0.15, 0.2) is 0 Å². The number of aromatic nitrogens is 4. The molecule has 0 aromatic carbocycles. The number of rotatable bonds is 8. The summed E-state index contributed by atoms with van der Waals surface area (Å²) in [5.41, 5.74) is 3.55. The average Bonchev–Trinajstić information content (AvgIpc) is 2.99. The first-order valence-corrected chi connectivity index (χ1v) is 10.3. The number of carbonyl (C=O) groups is 1. The minimum Gasteiger partial charge on any atom is -0.330 e. The Bertz CT molecular complexity index is 958. The molecular formula is C23H26ClN5O. The molecule has 3 aromatic rings. The molecule has 1 amide bonds. The molecule has 0 aliphatic carbocycles. The van der Waals surface area contributed by atoms with Gasteiger partial charge in [-0.2, -0.15) is 5.10 Å². The normalized spacial score (nSPS) is 11.4. The fraction of sp³-hybridized carbons (Fsp3) is 0.304. The topological polar surface area (TPSA) is 63.9 Å². The third kappa shape index (κ3) is 5.76. The predicted molar refractivity (Wildman–Crippen MR) is 119 cm³/mol. The van der Waals surface area contributed by atoms with E-state index in [2.05, 4.69) is 28.9 Å². The second kappa shape index (κ2) is 10.2. The van der Waals surface area contributed by atoms with Crippen molar-refractivity contribution in [3.8, 4) is 0 Å². The highest BCUT2D eigenvalue weighted by Crippen LogP contribution is 2.22. The first-order chi connectivity index (χ1) is 14.4. The number of pyridine rings is 2. The molecule has 0 fully saturated rings. The minimum absolute atomic E-state index is 0.109. The summed E-state index contributed by atoms with van der Waals surface area (Å²) in [7, 11) is 0. The van der Waals surface area contributed by atoms with Gasteiger partial charge in [-0.25, -0.2) is 0 Å². The fourth-order valence-corrected chi connectivity index (χ4v) is 3.42. The predicted octanol–water partition coefficient (Wildman–Crippen LogP) is 4.53. The number of hydrogen-bond acceptors (Lipinski definition) is 4. The van der Waals surface area contributed by atoms with E-state index in [4.69, 9.17) is 11.6 Å². The van der Waals surface area contributed by atoms with Crippen LogP contribution in [0.3, 0.4) is 0 Å². The molecule has 0 spiro atoms. The van der Waals surface area contributed by atoms with Crippen LogP contribution in [0.1, 0.15) is 36.2 Å². The first-order valence-electron chi connectivity index (χ1n) is 9.91. The molecule has 0 unspecified atom stereocenters. The second-order valence-electron chi connectivity index (χ2n) is 7.61. The van der Waals surface area contributed by atoms with E-state index in [1.54, 1.807) is 46.5 Å². The summed E-state index contributed by atoms with van der Waals surface area (Å²) >= 11 is 6.51. The zero-order valence-corrected chi connectivity index (χ0v) is 18.3. The van der Waals surface area contributed by atoms with Crippen molar-refractivity contribution in [1.82, 2.24) is 24.6 Å². The summed E-state index contributed by atoms with van der Waals surface area (Å²) in [4.78, 5) is 23.0. The van der Waals surface area contributed by atoms with E-state index in [0.29, 0.717) is 24.2 Å². The molecule has 3 rings (SSSR count). The van der Waals surface area contributed by atoms with Gasteiger partial charge in [-0.15, -0.1) is 0 Å². The molecule has 0 saturated carbocycles. The van der Waals surface area contributed by atoms with E-state index in [1.165, 1.54) is 0 Å². The maximum absolute atomic E-state index is 13.1. The third-order valence-corrected chi connectivity index (χ3v) is 4.97. The monoisotopic (exact) mass is 423 g/mol. The Morgan fingerprint density at radius 2 is 1.87 bits per heavy atom. The van der Waals surface area contributed by atoms with Crippen LogP contribution in [0.2, 0.25) is 5.15 Å². The van der Waals surface area contributed by atoms with Crippen molar-refractivity contribution in [3.05, 3.63) is 82.7 Å². The van der Waals surface area contributed by atoms with Gasteiger partial charge < -0.3 is 4.90 Å². The quantitative estimate of drug-likeness (QED) is 0.499. The Hall–Kier alpha value is -2.99. The molecule has 0 radical (unpaired) electrons. The molecule has 0 atom stereocenters. The molecule has 6 nitrogen and oxygen atoms in total. The van der Waals surface area contributed by atoms with Crippen molar-refractivity contribution in [1.29, 1.82) is 0 Å². The maximum atomic E-state index is 13.1. The highest BCUT2D eigenvalue weighted by molar-refractivity contribution is 6.31. The average molecular weight is 424 g/mol. The van der Waals surface area contributed by atoms with Gasteiger partial charge in [0.05, 0.1) is 5.69 Å². The minimum atomic E-state index is -0.109. The van der Waals surface area contributed by atoms with Gasteiger partial charge in [0.25, 0.3) is 0 Å². The van der Waals surface area contributed by atoms with Crippen molar-refractivity contribution in [2.75, 3.05) is 0 Å². The standard InChI is InChI=1S/C23H26ClN5O/c1-17(2)14-29-23(24)21(18(3)27-29)6-7-22(30)28(15-19-8-11-25-12-9-19)16-20-5-4-10-26-13-20/h4-13,17H,14-16H2,1-3H3. The molecule has 3 aromatic heterocycles. The van der Waals surface area contributed by atoms with Crippen molar-refractivity contribution in [3.63, 3.8) is 0 Å². The number of amides is 1. The first kappa shape index (κ1) is 21.7. The highest BCUT2D eigenvalue weighted by Gasteiger charge is 2.15. The van der Waals surface area contributed by atoms with Crippen LogP contribution >= 0.6 is 11.6 Å². The highest BCUT2D eigenvalue weighted by atomic mass is 35.5. The number of halogens is 1. The summed E-state index contributed by atoms with van der Waals surface area (Å²) in [5, 5.41) is 5.06. The molecule has 3 heterocycles. The van der Waals surface area contributed by atoms with Crippen molar-refractivity contribution >= 4 is 23.6 Å². The lowest BCUT2D eigenvalue weighted by Gasteiger charge is -2.21. The van der Waals surface area contributed by atoms with Crippen molar-refractivity contribution < 1.29 is 4.79 Å². The van der Waals surface area contributed by atoms with Gasteiger partial charge in [0, 0.05) is 56.1 Å². The van der Waals surface area contributed by atoms with Crippen LogP contribution in [-0.4, -0.2) is 30.6 Å². The Balaban J connectivity index is 1.81. The molecular weight excluding hydrogens is 398 g/mol. The van der Waals surface area contributed by atoms with Crippen LogP contribution in [0, 0.1) is 12.8 Å². The Morgan fingerprint density at radius 1 is 1.13 bits per heavy atom. The van der Waals surface area contributed by atoms with Crippen LogP contribution in [0.15, 0.2) is 55.1 Å². The molecule has 0 N–H and O–H groups in total. The van der Waals surface area contributed by atoms with E-state index < -0.39 is 0 Å². The van der Waals surface area contributed by atoms with Gasteiger partial charge in [-0.05, 0) is 48.2 Å². The van der Waals surface area contributed by atoms with E-state index in [-0.39, 0.29) is 5.91 Å². The van der Waals surface area contributed by atoms with E-state index >= 15 is 0 Å². The van der Waals surface area contributed by atoms with Crippen molar-refractivity contribution in [2.45, 2.75) is 40.4 Å². The SMILES string of the molecule is Cc1nn(CC(C)C)c(Cl)c1C=CC(=O)N(Cc1ccncc1)Cc1cccnc1. The summed E-state index contributed by atoms with van der Waals surface area (Å²) < 4.78 is 1.79. The van der Waals surface area contributed by atoms with Crippen LogP contribution in [0.5, 0.6) is 0 Å². The maximum Gasteiger partial charge on any atom is 0.247 e. The smallest absolute Gasteiger partial charge is 0.247 e. The lowest BCUT2D eigenvalue weighted by Crippen LogP contribution is -2.28. The zero-order chi connectivity index (χ0) is 21.5. The van der Waals surface area contributed by atoms with Crippen molar-refractivity contribution in [2.24, 2.45) is 5.92 Å². The van der Waals surface area contributed by atoms with Crippen LogP contribution in [0.25, 0.3) is 6.08 Å². The van der Waals surface area contributed by atoms with Gasteiger partial charge in [0.2, 0.25) is 5.91 Å². The fourth-order valence-electron chi connectivity index (χ4n) is 3.12. The molecule has 7 heteroatoms. The zero-order valence-electron chi connectivity index (χ0n) is 17.5. The summed E-state index contributed by atoms with van der Waals surface area (Å²) in [6.45, 7) is 7.79. The molecule has 30 heavy (non-hydrogen) atoms. The molecule has 156 valence electrons. The van der Waals surface area contributed by atoms with Gasteiger partial charge in [-0.1, -0.05) is 31.5 Å².